The number of hydrogen-bond donors (Lipinski definition) is 1. The zero-order valence-electron chi connectivity index (χ0n) is 13.5. The molecule has 1 N–H and O–H groups in total. The molecule has 0 aromatic heterocycles. The van der Waals surface area contributed by atoms with Gasteiger partial charge < -0.3 is 14.2 Å². The third-order valence-electron chi connectivity index (χ3n) is 3.21. The van der Waals surface area contributed by atoms with Gasteiger partial charge in [0.2, 0.25) is 5.75 Å². The van der Waals surface area contributed by atoms with Gasteiger partial charge in [-0.1, -0.05) is 15.9 Å². The third kappa shape index (κ3) is 4.05. The zero-order chi connectivity index (χ0) is 17.5. The zero-order valence-corrected chi connectivity index (χ0v) is 15.1. The van der Waals surface area contributed by atoms with Crippen molar-refractivity contribution in [3.8, 4) is 17.2 Å². The molecule has 0 bridgehead atoms. The maximum Gasteiger partial charge on any atom is 0.271 e. The SMILES string of the molecule is COc1ccc(/C=N/NC(=O)c2ccc(Br)cc2)c(OC)c1OC. The molecular formula is C17H17BrN2O4. The number of ether oxygens (including phenoxy) is 3. The summed E-state index contributed by atoms with van der Waals surface area (Å²) >= 11 is 3.32. The average Bonchev–Trinajstić information content (AvgIpc) is 2.61. The number of nitrogens with one attached hydrogen (secondary N) is 1. The van der Waals surface area contributed by atoms with Crippen molar-refractivity contribution in [3.63, 3.8) is 0 Å². The number of carbonyl (C=O) groups excluding carboxylic acids is 1. The van der Waals surface area contributed by atoms with Crippen molar-refractivity contribution in [1.29, 1.82) is 0 Å². The minimum absolute atomic E-state index is 0.307. The van der Waals surface area contributed by atoms with Crippen LogP contribution in [0.25, 0.3) is 0 Å². The molecule has 0 saturated carbocycles. The van der Waals surface area contributed by atoms with E-state index in [2.05, 4.69) is 26.5 Å². The predicted molar refractivity (Wildman–Crippen MR) is 95.3 cm³/mol. The number of amides is 1. The molecule has 126 valence electrons. The highest BCUT2D eigenvalue weighted by atomic mass is 79.9. The lowest BCUT2D eigenvalue weighted by molar-refractivity contribution is 0.0955. The van der Waals surface area contributed by atoms with Crippen molar-refractivity contribution in [2.24, 2.45) is 5.10 Å². The summed E-state index contributed by atoms with van der Waals surface area (Å²) in [6.07, 6.45) is 1.48. The fraction of sp³-hybridized carbons (Fsp3) is 0.176. The Kier molecular flexibility index (Phi) is 6.20. The van der Waals surface area contributed by atoms with Gasteiger partial charge in [0.15, 0.2) is 11.5 Å². The van der Waals surface area contributed by atoms with Crippen molar-refractivity contribution >= 4 is 28.1 Å². The van der Waals surface area contributed by atoms with E-state index < -0.39 is 0 Å². The van der Waals surface area contributed by atoms with Gasteiger partial charge in [-0.05, 0) is 36.4 Å². The summed E-state index contributed by atoms with van der Waals surface area (Å²) in [5, 5.41) is 3.97. The molecule has 0 aliphatic carbocycles. The predicted octanol–water partition coefficient (Wildman–Crippen LogP) is 3.24. The van der Waals surface area contributed by atoms with Crippen LogP contribution in [0.15, 0.2) is 46.0 Å². The van der Waals surface area contributed by atoms with Crippen LogP contribution in [0.4, 0.5) is 0 Å². The smallest absolute Gasteiger partial charge is 0.271 e. The first-order valence-electron chi connectivity index (χ1n) is 6.98. The van der Waals surface area contributed by atoms with E-state index in [0.29, 0.717) is 28.4 Å². The van der Waals surface area contributed by atoms with Crippen LogP contribution in [0.2, 0.25) is 0 Å². The van der Waals surface area contributed by atoms with Gasteiger partial charge in [0.25, 0.3) is 5.91 Å². The summed E-state index contributed by atoms with van der Waals surface area (Å²) in [4.78, 5) is 12.0. The van der Waals surface area contributed by atoms with Crippen molar-refractivity contribution in [2.75, 3.05) is 21.3 Å². The largest absolute Gasteiger partial charge is 0.493 e. The number of methoxy groups -OCH3 is 3. The molecule has 7 heteroatoms. The highest BCUT2D eigenvalue weighted by molar-refractivity contribution is 9.10. The molecule has 2 aromatic rings. The minimum Gasteiger partial charge on any atom is -0.493 e. The maximum atomic E-state index is 12.0. The second-order valence-electron chi connectivity index (χ2n) is 4.63. The van der Waals surface area contributed by atoms with Crippen LogP contribution in [0.5, 0.6) is 17.2 Å². The summed E-state index contributed by atoms with van der Waals surface area (Å²) in [6, 6.07) is 10.5. The number of nitrogens with zero attached hydrogens (tertiary/aromatic N) is 1. The second kappa shape index (κ2) is 8.35. The van der Waals surface area contributed by atoms with Gasteiger partial charge in [-0.2, -0.15) is 5.10 Å². The second-order valence-corrected chi connectivity index (χ2v) is 5.55. The van der Waals surface area contributed by atoms with Gasteiger partial charge in [0, 0.05) is 15.6 Å². The molecule has 0 fully saturated rings. The van der Waals surface area contributed by atoms with Gasteiger partial charge >= 0.3 is 0 Å². The van der Waals surface area contributed by atoms with E-state index in [1.165, 1.54) is 20.4 Å². The van der Waals surface area contributed by atoms with Gasteiger partial charge in [-0.15, -0.1) is 0 Å². The summed E-state index contributed by atoms with van der Waals surface area (Å²) in [5.41, 5.74) is 3.63. The van der Waals surface area contributed by atoms with Gasteiger partial charge in [0.1, 0.15) is 0 Å². The molecule has 0 aliphatic heterocycles. The van der Waals surface area contributed by atoms with E-state index in [0.717, 1.165) is 4.47 Å². The molecule has 0 radical (unpaired) electrons. The number of carbonyl (C=O) groups is 1. The molecular weight excluding hydrogens is 376 g/mol. The Labute approximate surface area is 148 Å². The highest BCUT2D eigenvalue weighted by Gasteiger charge is 2.14. The molecule has 1 amide bonds. The van der Waals surface area contributed by atoms with Crippen LogP contribution in [0, 0.1) is 0 Å². The van der Waals surface area contributed by atoms with Crippen molar-refractivity contribution in [2.45, 2.75) is 0 Å². The van der Waals surface area contributed by atoms with Crippen molar-refractivity contribution in [1.82, 2.24) is 5.43 Å². The fourth-order valence-electron chi connectivity index (χ4n) is 2.05. The van der Waals surface area contributed by atoms with E-state index in [9.17, 15) is 4.79 Å². The van der Waals surface area contributed by atoms with Crippen molar-refractivity contribution in [3.05, 3.63) is 52.0 Å². The average molecular weight is 393 g/mol. The lowest BCUT2D eigenvalue weighted by Crippen LogP contribution is -2.17. The molecule has 0 unspecified atom stereocenters. The van der Waals surface area contributed by atoms with Crippen LogP contribution in [0.3, 0.4) is 0 Å². The Morgan fingerprint density at radius 3 is 2.25 bits per heavy atom. The molecule has 0 heterocycles. The molecule has 0 saturated heterocycles. The summed E-state index contributed by atoms with van der Waals surface area (Å²) < 4.78 is 16.8. The fourth-order valence-corrected chi connectivity index (χ4v) is 2.32. The van der Waals surface area contributed by atoms with Crippen LogP contribution in [-0.2, 0) is 0 Å². The quantitative estimate of drug-likeness (QED) is 0.605. The Balaban J connectivity index is 2.17. The number of hydrogen-bond acceptors (Lipinski definition) is 5. The highest BCUT2D eigenvalue weighted by Crippen LogP contribution is 2.38. The van der Waals surface area contributed by atoms with E-state index in [1.54, 1.807) is 43.5 Å². The summed E-state index contributed by atoms with van der Waals surface area (Å²) in [6.45, 7) is 0. The van der Waals surface area contributed by atoms with Crippen LogP contribution < -0.4 is 19.6 Å². The molecule has 0 atom stereocenters. The Hall–Kier alpha value is -2.54. The van der Waals surface area contributed by atoms with Gasteiger partial charge in [-0.3, -0.25) is 4.79 Å². The summed E-state index contributed by atoms with van der Waals surface area (Å²) in [7, 11) is 4.59. The standard InChI is InChI=1S/C17H17BrN2O4/c1-22-14-9-6-12(15(23-2)16(14)24-3)10-19-20-17(21)11-4-7-13(18)8-5-11/h4-10H,1-3H3,(H,20,21)/b19-10+. The van der Waals surface area contributed by atoms with Gasteiger partial charge in [0.05, 0.1) is 27.5 Å². The lowest BCUT2D eigenvalue weighted by Gasteiger charge is -2.13. The first-order chi connectivity index (χ1) is 11.6. The number of hydrazone groups is 1. The number of halogens is 1. The normalized spacial score (nSPS) is 10.5. The molecule has 6 nitrogen and oxygen atoms in total. The molecule has 0 spiro atoms. The van der Waals surface area contributed by atoms with Gasteiger partial charge in [-0.25, -0.2) is 5.43 Å². The van der Waals surface area contributed by atoms with Crippen LogP contribution >= 0.6 is 15.9 Å². The summed E-state index contributed by atoms with van der Waals surface area (Å²) in [5.74, 6) is 1.17. The molecule has 0 aliphatic rings. The number of rotatable bonds is 6. The minimum atomic E-state index is -0.307. The maximum absolute atomic E-state index is 12.0. The van der Waals surface area contributed by atoms with Crippen LogP contribution in [0.1, 0.15) is 15.9 Å². The monoisotopic (exact) mass is 392 g/mol. The third-order valence-corrected chi connectivity index (χ3v) is 3.74. The van der Waals surface area contributed by atoms with E-state index >= 15 is 0 Å². The topological polar surface area (TPSA) is 69.2 Å². The lowest BCUT2D eigenvalue weighted by atomic mass is 10.2. The Morgan fingerprint density at radius 1 is 1.00 bits per heavy atom. The van der Waals surface area contributed by atoms with E-state index in [4.69, 9.17) is 14.2 Å². The van der Waals surface area contributed by atoms with Crippen molar-refractivity contribution < 1.29 is 19.0 Å². The van der Waals surface area contributed by atoms with Crippen LogP contribution in [-0.4, -0.2) is 33.5 Å². The first-order valence-corrected chi connectivity index (χ1v) is 7.78. The first kappa shape index (κ1) is 17.8. The Morgan fingerprint density at radius 2 is 1.67 bits per heavy atom. The molecule has 2 aromatic carbocycles. The van der Waals surface area contributed by atoms with E-state index in [1.807, 2.05) is 0 Å². The molecule has 2 rings (SSSR count). The number of benzene rings is 2. The molecule has 24 heavy (non-hydrogen) atoms. The Bertz CT molecular complexity index is 745. The van der Waals surface area contributed by atoms with E-state index in [-0.39, 0.29) is 5.91 Å².